The fourth-order valence-corrected chi connectivity index (χ4v) is 1.37. The first-order chi connectivity index (χ1) is 7.26. The van der Waals surface area contributed by atoms with Crippen molar-refractivity contribution in [2.45, 2.75) is 18.9 Å². The van der Waals surface area contributed by atoms with E-state index in [0.29, 0.717) is 0 Å². The number of nitro groups is 1. The Morgan fingerprint density at radius 2 is 2.12 bits per heavy atom. The number of nitrogens with two attached hydrogens (primary N) is 1. The van der Waals surface area contributed by atoms with Crippen molar-refractivity contribution in [1.29, 1.82) is 0 Å². The number of nitro benzene ring substituents is 1. The molecule has 0 fully saturated rings. The average Bonchev–Trinajstić information content (AvgIpc) is 2.16. The molecule has 7 heteroatoms. The van der Waals surface area contributed by atoms with Gasteiger partial charge in [-0.15, -0.1) is 0 Å². The summed E-state index contributed by atoms with van der Waals surface area (Å²) >= 11 is 5.59. The molecule has 1 aromatic rings. The molecule has 4 nitrogen and oxygen atoms in total. The molecule has 0 radical (unpaired) electrons. The zero-order valence-corrected chi connectivity index (χ0v) is 9.04. The standard InChI is InChI=1S/C9H9ClF2N2O2/c1-9(13,8(11)12)5-2-3-7(14(15)16)6(10)4-5/h2-4,8H,13H2,1H3. The fourth-order valence-electron chi connectivity index (χ4n) is 1.12. The minimum Gasteiger partial charge on any atom is -0.317 e. The maximum atomic E-state index is 12.6. The summed E-state index contributed by atoms with van der Waals surface area (Å²) in [5, 5.41) is 10.2. The van der Waals surface area contributed by atoms with Gasteiger partial charge in [0.2, 0.25) is 0 Å². The van der Waals surface area contributed by atoms with E-state index in [-0.39, 0.29) is 16.3 Å². The summed E-state index contributed by atoms with van der Waals surface area (Å²) in [6, 6.07) is 3.33. The second-order valence-electron chi connectivity index (χ2n) is 3.51. The smallest absolute Gasteiger partial charge is 0.287 e. The third-order valence-electron chi connectivity index (χ3n) is 2.22. The van der Waals surface area contributed by atoms with Crippen molar-refractivity contribution >= 4 is 17.3 Å². The first-order valence-electron chi connectivity index (χ1n) is 4.28. The molecule has 0 saturated heterocycles. The average molecular weight is 251 g/mol. The van der Waals surface area contributed by atoms with Gasteiger partial charge in [0.15, 0.2) is 0 Å². The molecule has 1 unspecified atom stereocenters. The number of hydrogen-bond donors (Lipinski definition) is 1. The van der Waals surface area contributed by atoms with Gasteiger partial charge in [0.05, 0.1) is 10.5 Å². The van der Waals surface area contributed by atoms with Gasteiger partial charge >= 0.3 is 0 Å². The molecule has 0 spiro atoms. The Balaban J connectivity index is 3.21. The molecule has 0 bridgehead atoms. The number of hydrogen-bond acceptors (Lipinski definition) is 3. The molecule has 0 aliphatic rings. The maximum Gasteiger partial charge on any atom is 0.287 e. The van der Waals surface area contributed by atoms with Crippen LogP contribution in [0.25, 0.3) is 0 Å². The van der Waals surface area contributed by atoms with Crippen LogP contribution in [-0.2, 0) is 5.54 Å². The van der Waals surface area contributed by atoms with Crippen LogP contribution in [0.3, 0.4) is 0 Å². The third-order valence-corrected chi connectivity index (χ3v) is 2.52. The van der Waals surface area contributed by atoms with Crippen molar-refractivity contribution in [3.8, 4) is 0 Å². The molecule has 16 heavy (non-hydrogen) atoms. The van der Waals surface area contributed by atoms with E-state index in [2.05, 4.69) is 0 Å². The molecule has 1 aromatic carbocycles. The highest BCUT2D eigenvalue weighted by molar-refractivity contribution is 6.32. The van der Waals surface area contributed by atoms with Crippen LogP contribution >= 0.6 is 11.6 Å². The SMILES string of the molecule is CC(N)(c1ccc([N+](=O)[O-])c(Cl)c1)C(F)F. The molecule has 0 aliphatic heterocycles. The molecule has 0 saturated carbocycles. The first-order valence-corrected chi connectivity index (χ1v) is 4.66. The van der Waals surface area contributed by atoms with Gasteiger partial charge in [-0.3, -0.25) is 10.1 Å². The van der Waals surface area contributed by atoms with E-state index >= 15 is 0 Å². The van der Waals surface area contributed by atoms with Gasteiger partial charge in [0, 0.05) is 6.07 Å². The first kappa shape index (κ1) is 12.8. The van der Waals surface area contributed by atoms with Crippen molar-refractivity contribution in [1.82, 2.24) is 0 Å². The van der Waals surface area contributed by atoms with Crippen LogP contribution in [-0.4, -0.2) is 11.3 Å². The molecule has 2 N–H and O–H groups in total. The van der Waals surface area contributed by atoms with Crippen molar-refractivity contribution in [3.05, 3.63) is 38.9 Å². The maximum absolute atomic E-state index is 12.6. The monoisotopic (exact) mass is 250 g/mol. The quantitative estimate of drug-likeness (QED) is 0.662. The Hall–Kier alpha value is -1.27. The fraction of sp³-hybridized carbons (Fsp3) is 0.333. The Bertz CT molecular complexity index is 424. The van der Waals surface area contributed by atoms with Gasteiger partial charge in [-0.05, 0) is 18.6 Å². The predicted octanol–water partition coefficient (Wildman–Crippen LogP) is 2.69. The molecular weight excluding hydrogens is 242 g/mol. The Kier molecular flexibility index (Phi) is 3.44. The topological polar surface area (TPSA) is 69.2 Å². The molecule has 0 amide bonds. The number of halogens is 3. The molecule has 1 atom stereocenters. The van der Waals surface area contributed by atoms with E-state index in [0.717, 1.165) is 19.1 Å². The van der Waals surface area contributed by atoms with E-state index in [1.54, 1.807) is 0 Å². The second kappa shape index (κ2) is 4.31. The minimum atomic E-state index is -2.79. The van der Waals surface area contributed by atoms with Crippen LogP contribution in [0.15, 0.2) is 18.2 Å². The van der Waals surface area contributed by atoms with Gasteiger partial charge in [-0.25, -0.2) is 8.78 Å². The van der Waals surface area contributed by atoms with E-state index in [1.165, 1.54) is 6.07 Å². The summed E-state index contributed by atoms with van der Waals surface area (Å²) in [5.41, 5.74) is 3.24. The van der Waals surface area contributed by atoms with Gasteiger partial charge < -0.3 is 5.73 Å². The molecule has 0 heterocycles. The predicted molar refractivity (Wildman–Crippen MR) is 55.6 cm³/mol. The van der Waals surface area contributed by atoms with Gasteiger partial charge in [-0.1, -0.05) is 17.7 Å². The van der Waals surface area contributed by atoms with E-state index in [1.807, 2.05) is 0 Å². The summed E-state index contributed by atoms with van der Waals surface area (Å²) < 4.78 is 25.2. The lowest BCUT2D eigenvalue weighted by Crippen LogP contribution is -2.40. The van der Waals surface area contributed by atoms with E-state index in [4.69, 9.17) is 17.3 Å². The lowest BCUT2D eigenvalue weighted by Gasteiger charge is -2.24. The van der Waals surface area contributed by atoms with E-state index < -0.39 is 16.9 Å². The Morgan fingerprint density at radius 3 is 2.50 bits per heavy atom. The van der Waals surface area contributed by atoms with Crippen molar-refractivity contribution in [2.75, 3.05) is 0 Å². The van der Waals surface area contributed by atoms with Crippen molar-refractivity contribution < 1.29 is 13.7 Å². The zero-order valence-electron chi connectivity index (χ0n) is 8.28. The zero-order chi connectivity index (χ0) is 12.5. The van der Waals surface area contributed by atoms with Crippen molar-refractivity contribution in [2.24, 2.45) is 5.73 Å². The lowest BCUT2D eigenvalue weighted by molar-refractivity contribution is -0.384. The van der Waals surface area contributed by atoms with Crippen LogP contribution < -0.4 is 5.73 Å². The van der Waals surface area contributed by atoms with Crippen LogP contribution in [0.1, 0.15) is 12.5 Å². The van der Waals surface area contributed by atoms with Crippen molar-refractivity contribution in [3.63, 3.8) is 0 Å². The highest BCUT2D eigenvalue weighted by Crippen LogP contribution is 2.31. The number of nitrogens with zero attached hydrogens (tertiary/aromatic N) is 1. The van der Waals surface area contributed by atoms with Crippen LogP contribution in [0.5, 0.6) is 0 Å². The summed E-state index contributed by atoms with van der Waals surface area (Å²) in [6.07, 6.45) is -2.79. The van der Waals surface area contributed by atoms with Gasteiger partial charge in [0.1, 0.15) is 5.02 Å². The largest absolute Gasteiger partial charge is 0.317 e. The molecular formula is C9H9ClF2N2O2. The molecule has 1 rings (SSSR count). The number of rotatable bonds is 3. The highest BCUT2D eigenvalue weighted by Gasteiger charge is 2.33. The number of alkyl halides is 2. The van der Waals surface area contributed by atoms with Crippen LogP contribution in [0.4, 0.5) is 14.5 Å². The van der Waals surface area contributed by atoms with Gasteiger partial charge in [0.25, 0.3) is 12.1 Å². The minimum absolute atomic E-state index is 0.0538. The lowest BCUT2D eigenvalue weighted by atomic mass is 9.93. The third kappa shape index (κ3) is 2.28. The van der Waals surface area contributed by atoms with Crippen LogP contribution in [0, 0.1) is 10.1 Å². The Labute approximate surface area is 95.2 Å². The normalized spacial score (nSPS) is 14.9. The van der Waals surface area contributed by atoms with E-state index in [9.17, 15) is 18.9 Å². The van der Waals surface area contributed by atoms with Gasteiger partial charge in [-0.2, -0.15) is 0 Å². The number of benzene rings is 1. The summed E-state index contributed by atoms with van der Waals surface area (Å²) in [5.74, 6) is 0. The van der Waals surface area contributed by atoms with Crippen LogP contribution in [0.2, 0.25) is 5.02 Å². The molecule has 88 valence electrons. The summed E-state index contributed by atoms with van der Waals surface area (Å²) in [4.78, 5) is 9.77. The molecule has 0 aliphatic carbocycles. The summed E-state index contributed by atoms with van der Waals surface area (Å²) in [6.45, 7) is 1.13. The second-order valence-corrected chi connectivity index (χ2v) is 3.91. The highest BCUT2D eigenvalue weighted by atomic mass is 35.5. The molecule has 0 aromatic heterocycles. The summed E-state index contributed by atoms with van der Waals surface area (Å²) in [7, 11) is 0. The Morgan fingerprint density at radius 1 is 1.56 bits per heavy atom.